The third-order valence-electron chi connectivity index (χ3n) is 3.35. The van der Waals surface area contributed by atoms with Crippen molar-refractivity contribution in [3.05, 3.63) is 64.7 Å². The molecule has 0 aliphatic rings. The van der Waals surface area contributed by atoms with Crippen LogP contribution in [0.5, 0.6) is 5.75 Å². The maximum absolute atomic E-state index is 6.06. The highest BCUT2D eigenvalue weighted by Gasteiger charge is 2.09. The van der Waals surface area contributed by atoms with E-state index in [4.69, 9.17) is 16.3 Å². The molecule has 0 fully saturated rings. The van der Waals surface area contributed by atoms with Crippen LogP contribution in [0.1, 0.15) is 30.5 Å². The predicted octanol–water partition coefficient (Wildman–Crippen LogP) is 4.59. The van der Waals surface area contributed by atoms with Crippen LogP contribution in [-0.2, 0) is 6.54 Å². The second-order valence-corrected chi connectivity index (χ2v) is 5.18. The lowest BCUT2D eigenvalue weighted by Crippen LogP contribution is -2.20. The number of halogens is 1. The van der Waals surface area contributed by atoms with Crippen molar-refractivity contribution in [1.82, 2.24) is 5.32 Å². The first kappa shape index (κ1) is 14.9. The first-order valence-corrected chi connectivity index (χ1v) is 7.22. The molecular weight excluding hydrogens is 270 g/mol. The number of hydrogen-bond acceptors (Lipinski definition) is 2. The molecule has 0 amide bonds. The van der Waals surface area contributed by atoms with Gasteiger partial charge in [0, 0.05) is 17.6 Å². The molecule has 0 heterocycles. The van der Waals surface area contributed by atoms with Gasteiger partial charge in [-0.15, -0.1) is 0 Å². The third kappa shape index (κ3) is 3.99. The largest absolute Gasteiger partial charge is 0.497 e. The Morgan fingerprint density at radius 1 is 1.15 bits per heavy atom. The van der Waals surface area contributed by atoms with Gasteiger partial charge >= 0.3 is 0 Å². The Morgan fingerprint density at radius 3 is 2.65 bits per heavy atom. The molecule has 0 aliphatic heterocycles. The van der Waals surface area contributed by atoms with Gasteiger partial charge in [-0.1, -0.05) is 42.8 Å². The molecule has 0 aromatic heterocycles. The van der Waals surface area contributed by atoms with Crippen LogP contribution in [0.15, 0.2) is 48.5 Å². The summed E-state index contributed by atoms with van der Waals surface area (Å²) in [5.74, 6) is 0.889. The van der Waals surface area contributed by atoms with E-state index in [1.165, 1.54) is 11.1 Å². The van der Waals surface area contributed by atoms with Gasteiger partial charge in [0.2, 0.25) is 0 Å². The molecule has 2 aromatic rings. The van der Waals surface area contributed by atoms with Gasteiger partial charge in [-0.2, -0.15) is 0 Å². The second kappa shape index (κ2) is 7.32. The molecular formula is C17H20ClNO. The number of benzene rings is 2. The molecule has 0 saturated heterocycles. The lowest BCUT2D eigenvalue weighted by atomic mass is 10.0. The van der Waals surface area contributed by atoms with E-state index in [9.17, 15) is 0 Å². The Hall–Kier alpha value is -1.51. The molecule has 2 nitrogen and oxygen atoms in total. The highest BCUT2D eigenvalue weighted by atomic mass is 35.5. The van der Waals surface area contributed by atoms with Gasteiger partial charge in [0.25, 0.3) is 0 Å². The maximum atomic E-state index is 6.06. The molecule has 0 bridgehead atoms. The van der Waals surface area contributed by atoms with Gasteiger partial charge in [0.1, 0.15) is 5.75 Å². The summed E-state index contributed by atoms with van der Waals surface area (Å²) < 4.78 is 5.24. The van der Waals surface area contributed by atoms with Crippen LogP contribution in [-0.4, -0.2) is 7.11 Å². The van der Waals surface area contributed by atoms with Crippen LogP contribution in [0.25, 0.3) is 0 Å². The van der Waals surface area contributed by atoms with E-state index < -0.39 is 0 Å². The van der Waals surface area contributed by atoms with E-state index in [1.54, 1.807) is 7.11 Å². The van der Waals surface area contributed by atoms with E-state index in [-0.39, 0.29) is 0 Å². The highest BCUT2D eigenvalue weighted by Crippen LogP contribution is 2.21. The van der Waals surface area contributed by atoms with Crippen molar-refractivity contribution < 1.29 is 4.74 Å². The fraction of sp³-hybridized carbons (Fsp3) is 0.294. The summed E-state index contributed by atoms with van der Waals surface area (Å²) in [6.07, 6.45) is 1.02. The van der Waals surface area contributed by atoms with Crippen LogP contribution >= 0.6 is 11.6 Å². The monoisotopic (exact) mass is 289 g/mol. The van der Waals surface area contributed by atoms with Crippen LogP contribution in [0.2, 0.25) is 5.02 Å². The zero-order chi connectivity index (χ0) is 14.4. The van der Waals surface area contributed by atoms with E-state index in [2.05, 4.69) is 30.4 Å². The van der Waals surface area contributed by atoms with Crippen molar-refractivity contribution in [2.45, 2.75) is 25.9 Å². The van der Waals surface area contributed by atoms with Crippen LogP contribution < -0.4 is 10.1 Å². The quantitative estimate of drug-likeness (QED) is 0.840. The molecule has 2 rings (SSSR count). The van der Waals surface area contributed by atoms with Crippen LogP contribution in [0.3, 0.4) is 0 Å². The lowest BCUT2D eigenvalue weighted by molar-refractivity contribution is 0.413. The van der Waals surface area contributed by atoms with E-state index in [1.807, 2.05) is 30.3 Å². The molecule has 0 radical (unpaired) electrons. The first-order chi connectivity index (χ1) is 9.72. The maximum Gasteiger partial charge on any atom is 0.119 e. The molecule has 1 unspecified atom stereocenters. The summed E-state index contributed by atoms with van der Waals surface area (Å²) in [4.78, 5) is 0. The lowest BCUT2D eigenvalue weighted by Gasteiger charge is -2.18. The fourth-order valence-electron chi connectivity index (χ4n) is 2.24. The van der Waals surface area contributed by atoms with Gasteiger partial charge < -0.3 is 10.1 Å². The summed E-state index contributed by atoms with van der Waals surface area (Å²) in [6, 6.07) is 16.5. The summed E-state index contributed by atoms with van der Waals surface area (Å²) in [7, 11) is 1.69. The molecule has 1 atom stereocenters. The van der Waals surface area contributed by atoms with Crippen molar-refractivity contribution in [3.8, 4) is 5.75 Å². The number of nitrogens with one attached hydrogen (secondary N) is 1. The van der Waals surface area contributed by atoms with Crippen LogP contribution in [0.4, 0.5) is 0 Å². The molecule has 20 heavy (non-hydrogen) atoms. The molecule has 0 aliphatic carbocycles. The Morgan fingerprint density at radius 2 is 1.95 bits per heavy atom. The first-order valence-electron chi connectivity index (χ1n) is 6.84. The molecule has 0 spiro atoms. The van der Waals surface area contributed by atoms with Crippen molar-refractivity contribution in [3.63, 3.8) is 0 Å². The zero-order valence-electron chi connectivity index (χ0n) is 11.9. The summed E-state index contributed by atoms with van der Waals surface area (Å²) in [5.41, 5.74) is 2.44. The smallest absolute Gasteiger partial charge is 0.119 e. The van der Waals surface area contributed by atoms with Gasteiger partial charge in [0.05, 0.1) is 7.11 Å². The van der Waals surface area contributed by atoms with E-state index >= 15 is 0 Å². The third-order valence-corrected chi connectivity index (χ3v) is 3.58. The van der Waals surface area contributed by atoms with Gasteiger partial charge in [-0.25, -0.2) is 0 Å². The molecule has 2 aromatic carbocycles. The summed E-state index contributed by atoms with van der Waals surface area (Å²) >= 11 is 6.06. The Bertz CT molecular complexity index is 556. The molecule has 106 valence electrons. The van der Waals surface area contributed by atoms with Crippen molar-refractivity contribution in [2.75, 3.05) is 7.11 Å². The van der Waals surface area contributed by atoms with Gasteiger partial charge in [-0.05, 0) is 41.8 Å². The zero-order valence-corrected chi connectivity index (χ0v) is 12.7. The van der Waals surface area contributed by atoms with Crippen molar-refractivity contribution in [2.24, 2.45) is 0 Å². The topological polar surface area (TPSA) is 21.3 Å². The molecule has 0 saturated carbocycles. The highest BCUT2D eigenvalue weighted by molar-refractivity contribution is 6.30. The van der Waals surface area contributed by atoms with E-state index in [0.29, 0.717) is 6.04 Å². The molecule has 1 N–H and O–H groups in total. The second-order valence-electron chi connectivity index (χ2n) is 4.75. The predicted molar refractivity (Wildman–Crippen MR) is 84.3 cm³/mol. The fourth-order valence-corrected chi connectivity index (χ4v) is 2.44. The van der Waals surface area contributed by atoms with Crippen molar-refractivity contribution in [1.29, 1.82) is 0 Å². The standard InChI is InChI=1S/C17H20ClNO/c1-3-17(14-7-5-8-15(18)11-14)19-12-13-6-4-9-16(10-13)20-2/h4-11,17,19H,3,12H2,1-2H3. The average Bonchev–Trinajstić information content (AvgIpc) is 2.48. The van der Waals surface area contributed by atoms with Gasteiger partial charge in [0.15, 0.2) is 0 Å². The van der Waals surface area contributed by atoms with Crippen molar-refractivity contribution >= 4 is 11.6 Å². The summed E-state index contributed by atoms with van der Waals surface area (Å²) in [5, 5.41) is 4.35. The minimum atomic E-state index is 0.305. The van der Waals surface area contributed by atoms with Gasteiger partial charge in [-0.3, -0.25) is 0 Å². The molecule has 3 heteroatoms. The number of rotatable bonds is 6. The normalized spacial score (nSPS) is 12.2. The Kier molecular flexibility index (Phi) is 5.45. The summed E-state index contributed by atoms with van der Waals surface area (Å²) in [6.45, 7) is 2.98. The minimum Gasteiger partial charge on any atom is -0.497 e. The number of hydrogen-bond donors (Lipinski definition) is 1. The van der Waals surface area contributed by atoms with E-state index in [0.717, 1.165) is 23.7 Å². The number of methoxy groups -OCH3 is 1. The number of ether oxygens (including phenoxy) is 1. The Balaban J connectivity index is 2.03. The van der Waals surface area contributed by atoms with Crippen LogP contribution in [0, 0.1) is 0 Å². The SMILES string of the molecule is CCC(NCc1cccc(OC)c1)c1cccc(Cl)c1. The Labute approximate surface area is 125 Å². The minimum absolute atomic E-state index is 0.305. The average molecular weight is 290 g/mol.